The summed E-state index contributed by atoms with van der Waals surface area (Å²) in [6.45, 7) is 0.734. The van der Waals surface area contributed by atoms with E-state index >= 15 is 0 Å². The molecule has 0 aliphatic heterocycles. The third-order valence-electron chi connectivity index (χ3n) is 6.05. The summed E-state index contributed by atoms with van der Waals surface area (Å²) in [6.07, 6.45) is 0.555. The zero-order valence-corrected chi connectivity index (χ0v) is 18.9. The van der Waals surface area contributed by atoms with Gasteiger partial charge in [-0.3, -0.25) is 0 Å². The van der Waals surface area contributed by atoms with Crippen LogP contribution in [-0.4, -0.2) is 42.7 Å². The third kappa shape index (κ3) is 4.38. The number of nitrogens with zero attached hydrogens (tertiary/aromatic N) is 2. The van der Waals surface area contributed by atoms with Gasteiger partial charge in [0.2, 0.25) is 5.88 Å². The van der Waals surface area contributed by atoms with Crippen LogP contribution in [0.25, 0.3) is 10.9 Å². The fourth-order valence-corrected chi connectivity index (χ4v) is 4.42. The molecule has 0 aliphatic rings. The molecule has 2 atom stereocenters. The van der Waals surface area contributed by atoms with Crippen LogP contribution in [0.1, 0.15) is 29.0 Å². The molecule has 4 aromatic rings. The maximum Gasteiger partial charge on any atom is 0.217 e. The van der Waals surface area contributed by atoms with Gasteiger partial charge in [-0.05, 0) is 43.8 Å². The monoisotopic (exact) mass is 426 g/mol. The second kappa shape index (κ2) is 9.51. The van der Waals surface area contributed by atoms with Crippen molar-refractivity contribution < 1.29 is 9.84 Å². The Bertz CT molecular complexity index is 1160. The molecule has 164 valence electrons. The first kappa shape index (κ1) is 22.0. The summed E-state index contributed by atoms with van der Waals surface area (Å²) >= 11 is 0. The molecule has 32 heavy (non-hydrogen) atoms. The minimum Gasteiger partial charge on any atom is -0.481 e. The summed E-state index contributed by atoms with van der Waals surface area (Å²) in [7, 11) is 5.70. The van der Waals surface area contributed by atoms with Crippen molar-refractivity contribution in [3.05, 3.63) is 108 Å². The van der Waals surface area contributed by atoms with Crippen LogP contribution < -0.4 is 4.74 Å². The number of hydrogen-bond acceptors (Lipinski definition) is 4. The maximum atomic E-state index is 12.5. The highest BCUT2D eigenvalue weighted by molar-refractivity contribution is 5.80. The second-order valence-corrected chi connectivity index (χ2v) is 8.47. The molecule has 1 heterocycles. The molecule has 0 saturated carbocycles. The topological polar surface area (TPSA) is 45.6 Å². The molecule has 0 aliphatic carbocycles. The molecular weight excluding hydrogens is 396 g/mol. The van der Waals surface area contributed by atoms with E-state index in [1.807, 2.05) is 80.8 Å². The summed E-state index contributed by atoms with van der Waals surface area (Å²) in [6, 6.07) is 30.2. The van der Waals surface area contributed by atoms with E-state index in [0.717, 1.165) is 34.1 Å². The Kier molecular flexibility index (Phi) is 6.54. The van der Waals surface area contributed by atoms with Crippen molar-refractivity contribution in [2.24, 2.45) is 0 Å². The van der Waals surface area contributed by atoms with Crippen LogP contribution >= 0.6 is 0 Å². The van der Waals surface area contributed by atoms with Crippen molar-refractivity contribution in [2.75, 3.05) is 27.7 Å². The highest BCUT2D eigenvalue weighted by Gasteiger charge is 2.42. The molecule has 0 spiro atoms. The van der Waals surface area contributed by atoms with E-state index in [0.29, 0.717) is 12.3 Å². The highest BCUT2D eigenvalue weighted by Crippen LogP contribution is 2.47. The molecule has 4 nitrogen and oxygen atoms in total. The van der Waals surface area contributed by atoms with Crippen molar-refractivity contribution in [1.82, 2.24) is 9.88 Å². The fourth-order valence-electron chi connectivity index (χ4n) is 4.42. The highest BCUT2D eigenvalue weighted by atomic mass is 16.5. The predicted octanol–water partition coefficient (Wildman–Crippen LogP) is 5.21. The van der Waals surface area contributed by atoms with E-state index in [4.69, 9.17) is 9.72 Å². The molecule has 4 heteroatoms. The first-order valence-electron chi connectivity index (χ1n) is 10.9. The van der Waals surface area contributed by atoms with Gasteiger partial charge < -0.3 is 14.7 Å². The number of aromatic nitrogens is 1. The Labute approximate surface area is 190 Å². The van der Waals surface area contributed by atoms with Gasteiger partial charge in [0.15, 0.2) is 0 Å². The van der Waals surface area contributed by atoms with E-state index in [2.05, 4.69) is 29.2 Å². The SMILES string of the molecule is COc1nc2ccccc2cc1C(c1ccccc1)C(O)(CCN(C)C)c1ccccc1. The van der Waals surface area contributed by atoms with Gasteiger partial charge in [0.1, 0.15) is 5.60 Å². The Balaban J connectivity index is 1.99. The number of benzene rings is 3. The van der Waals surface area contributed by atoms with Crippen molar-refractivity contribution in [2.45, 2.75) is 17.9 Å². The lowest BCUT2D eigenvalue weighted by atomic mass is 9.71. The number of hydrogen-bond donors (Lipinski definition) is 1. The first-order chi connectivity index (χ1) is 15.5. The summed E-state index contributed by atoms with van der Waals surface area (Å²) in [5, 5.41) is 13.5. The molecule has 1 aromatic heterocycles. The standard InChI is InChI=1S/C28H30N2O2/c1-30(2)19-18-28(31,23-15-8-5-9-16-23)26(21-12-6-4-7-13-21)24-20-22-14-10-11-17-25(22)29-27(24)32-3/h4-17,20,26,31H,18-19H2,1-3H3. The number of ether oxygens (including phenoxy) is 1. The smallest absolute Gasteiger partial charge is 0.217 e. The normalized spacial score (nSPS) is 14.3. The number of methoxy groups -OCH3 is 1. The van der Waals surface area contributed by atoms with Crippen molar-refractivity contribution >= 4 is 10.9 Å². The third-order valence-corrected chi connectivity index (χ3v) is 6.05. The van der Waals surface area contributed by atoms with Crippen molar-refractivity contribution in [3.8, 4) is 5.88 Å². The van der Waals surface area contributed by atoms with E-state index in [-0.39, 0.29) is 5.92 Å². The lowest BCUT2D eigenvalue weighted by Gasteiger charge is -2.39. The van der Waals surface area contributed by atoms with Gasteiger partial charge >= 0.3 is 0 Å². The van der Waals surface area contributed by atoms with E-state index in [1.54, 1.807) is 7.11 Å². The second-order valence-electron chi connectivity index (χ2n) is 8.47. The molecule has 0 fully saturated rings. The molecule has 3 aromatic carbocycles. The van der Waals surface area contributed by atoms with Crippen molar-refractivity contribution in [3.63, 3.8) is 0 Å². The molecule has 4 rings (SSSR count). The van der Waals surface area contributed by atoms with Gasteiger partial charge in [0, 0.05) is 23.4 Å². The Hall–Kier alpha value is -3.21. The lowest BCUT2D eigenvalue weighted by molar-refractivity contribution is 0.00380. The lowest BCUT2D eigenvalue weighted by Crippen LogP contribution is -2.37. The Morgan fingerprint density at radius 3 is 2.19 bits per heavy atom. The number of para-hydroxylation sites is 1. The molecule has 0 bridgehead atoms. The van der Waals surface area contributed by atoms with Gasteiger partial charge in [-0.2, -0.15) is 0 Å². The number of pyridine rings is 1. The maximum absolute atomic E-state index is 12.5. The molecular formula is C28H30N2O2. The van der Waals surface area contributed by atoms with Crippen LogP contribution in [0.4, 0.5) is 0 Å². The number of aliphatic hydroxyl groups is 1. The summed E-state index contributed by atoms with van der Waals surface area (Å²) in [4.78, 5) is 6.90. The fraction of sp³-hybridized carbons (Fsp3) is 0.250. The summed E-state index contributed by atoms with van der Waals surface area (Å²) in [5.41, 5.74) is 2.49. The van der Waals surface area contributed by atoms with Gasteiger partial charge in [0.05, 0.1) is 12.6 Å². The largest absolute Gasteiger partial charge is 0.481 e. The van der Waals surface area contributed by atoms with Gasteiger partial charge in [-0.15, -0.1) is 0 Å². The summed E-state index contributed by atoms with van der Waals surface area (Å²) < 4.78 is 5.78. The average Bonchev–Trinajstić information content (AvgIpc) is 2.83. The van der Waals surface area contributed by atoms with E-state index < -0.39 is 5.60 Å². The van der Waals surface area contributed by atoms with Crippen LogP contribution in [0.2, 0.25) is 0 Å². The predicted molar refractivity (Wildman–Crippen MR) is 130 cm³/mol. The van der Waals surface area contributed by atoms with Crippen LogP contribution in [-0.2, 0) is 5.60 Å². The Morgan fingerprint density at radius 1 is 0.906 bits per heavy atom. The summed E-state index contributed by atoms with van der Waals surface area (Å²) in [5.74, 6) is 0.176. The quantitative estimate of drug-likeness (QED) is 0.420. The molecule has 1 N–H and O–H groups in total. The van der Waals surface area contributed by atoms with Gasteiger partial charge in [0.25, 0.3) is 0 Å². The van der Waals surface area contributed by atoms with Gasteiger partial charge in [-0.1, -0.05) is 78.9 Å². The van der Waals surface area contributed by atoms with E-state index in [1.165, 1.54) is 0 Å². The van der Waals surface area contributed by atoms with Crippen LogP contribution in [0.3, 0.4) is 0 Å². The zero-order chi connectivity index (χ0) is 22.6. The van der Waals surface area contributed by atoms with Crippen LogP contribution in [0, 0.1) is 0 Å². The molecule has 0 saturated heterocycles. The van der Waals surface area contributed by atoms with E-state index in [9.17, 15) is 5.11 Å². The van der Waals surface area contributed by atoms with Crippen LogP contribution in [0.5, 0.6) is 5.88 Å². The molecule has 0 radical (unpaired) electrons. The van der Waals surface area contributed by atoms with Gasteiger partial charge in [-0.25, -0.2) is 4.98 Å². The first-order valence-corrected chi connectivity index (χ1v) is 10.9. The minimum atomic E-state index is -1.16. The number of rotatable bonds is 8. The van der Waals surface area contributed by atoms with Crippen molar-refractivity contribution in [1.29, 1.82) is 0 Å². The zero-order valence-electron chi connectivity index (χ0n) is 18.9. The Morgan fingerprint density at radius 2 is 1.53 bits per heavy atom. The number of fused-ring (bicyclic) bond motifs is 1. The average molecular weight is 427 g/mol. The van der Waals surface area contributed by atoms with Crippen LogP contribution in [0.15, 0.2) is 91.0 Å². The molecule has 0 amide bonds. The minimum absolute atomic E-state index is 0.363. The molecule has 2 unspecified atom stereocenters.